The maximum Gasteiger partial charge on any atom is 0.290 e. The Morgan fingerprint density at radius 3 is 2.59 bits per heavy atom. The van der Waals surface area contributed by atoms with Gasteiger partial charge in [-0.1, -0.05) is 6.07 Å². The first-order chi connectivity index (χ1) is 15.9. The molecule has 0 atom stereocenters. The first-order valence-electron chi connectivity index (χ1n) is 11.8. The molecular weight excluding hydrogens is 446 g/mol. The number of rotatable bonds is 6. The lowest BCUT2D eigenvalue weighted by atomic mass is 9.91. The van der Waals surface area contributed by atoms with E-state index in [0.717, 1.165) is 39.6 Å². The minimum Gasteiger partial charge on any atom is -0.496 e. The highest BCUT2D eigenvalue weighted by molar-refractivity contribution is 7.13. The van der Waals surface area contributed by atoms with Gasteiger partial charge in [0.25, 0.3) is 5.91 Å². The zero-order valence-electron chi connectivity index (χ0n) is 21.2. The molecule has 1 aromatic carbocycles. The third-order valence-corrected chi connectivity index (χ3v) is 7.47. The van der Waals surface area contributed by atoms with Gasteiger partial charge in [0.2, 0.25) is 0 Å². The van der Waals surface area contributed by atoms with Gasteiger partial charge < -0.3 is 19.3 Å². The van der Waals surface area contributed by atoms with Crippen LogP contribution in [0.4, 0.5) is 0 Å². The fourth-order valence-electron chi connectivity index (χ4n) is 4.30. The van der Waals surface area contributed by atoms with Crippen molar-refractivity contribution >= 4 is 17.2 Å². The van der Waals surface area contributed by atoms with E-state index < -0.39 is 5.60 Å². The van der Waals surface area contributed by atoms with Gasteiger partial charge in [0.05, 0.1) is 23.3 Å². The van der Waals surface area contributed by atoms with Crippen LogP contribution in [0.25, 0.3) is 21.8 Å². The van der Waals surface area contributed by atoms with E-state index in [-0.39, 0.29) is 11.4 Å². The summed E-state index contributed by atoms with van der Waals surface area (Å²) in [5.41, 5.74) is 4.10. The van der Waals surface area contributed by atoms with E-state index in [2.05, 4.69) is 22.8 Å². The molecule has 0 radical (unpaired) electrons. The van der Waals surface area contributed by atoms with Gasteiger partial charge in [-0.05, 0) is 88.6 Å². The molecule has 1 aliphatic heterocycles. The van der Waals surface area contributed by atoms with E-state index in [1.165, 1.54) is 5.56 Å². The molecule has 0 saturated heterocycles. The Hall–Kier alpha value is -2.64. The van der Waals surface area contributed by atoms with E-state index in [9.17, 15) is 9.90 Å². The lowest BCUT2D eigenvalue weighted by Crippen LogP contribution is -2.43. The number of aromatic nitrogens is 2. The highest BCUT2D eigenvalue weighted by atomic mass is 32.1. The second-order valence-corrected chi connectivity index (χ2v) is 11.6. The first-order valence-corrected chi connectivity index (χ1v) is 12.6. The largest absolute Gasteiger partial charge is 0.496 e. The van der Waals surface area contributed by atoms with Crippen molar-refractivity contribution in [3.8, 4) is 27.6 Å². The van der Waals surface area contributed by atoms with Crippen LogP contribution >= 0.6 is 11.3 Å². The van der Waals surface area contributed by atoms with Crippen LogP contribution in [0.1, 0.15) is 62.8 Å². The number of amides is 1. The van der Waals surface area contributed by atoms with Crippen LogP contribution < -0.4 is 4.74 Å². The van der Waals surface area contributed by atoms with Crippen LogP contribution in [0.3, 0.4) is 0 Å². The number of carbonyl (C=O) groups excluding carboxylic acids is 1. The van der Waals surface area contributed by atoms with Crippen LogP contribution in [0.2, 0.25) is 0 Å². The Morgan fingerprint density at radius 2 is 2.00 bits per heavy atom. The molecule has 3 aromatic rings. The van der Waals surface area contributed by atoms with Crippen molar-refractivity contribution in [2.24, 2.45) is 0 Å². The van der Waals surface area contributed by atoms with Crippen molar-refractivity contribution in [3.63, 3.8) is 0 Å². The van der Waals surface area contributed by atoms with Crippen LogP contribution in [-0.4, -0.2) is 50.8 Å². The summed E-state index contributed by atoms with van der Waals surface area (Å²) >= 11 is 1.63. The van der Waals surface area contributed by atoms with Crippen molar-refractivity contribution in [2.45, 2.75) is 71.6 Å². The van der Waals surface area contributed by atoms with Gasteiger partial charge in [0.1, 0.15) is 11.4 Å². The zero-order valence-corrected chi connectivity index (χ0v) is 22.0. The summed E-state index contributed by atoms with van der Waals surface area (Å²) in [5, 5.41) is 12.3. The molecule has 3 heterocycles. The summed E-state index contributed by atoms with van der Waals surface area (Å²) in [5.74, 6) is 1.25. The summed E-state index contributed by atoms with van der Waals surface area (Å²) in [6, 6.07) is 8.36. The molecule has 34 heavy (non-hydrogen) atoms. The average molecular weight is 482 g/mol. The number of imidazole rings is 1. The van der Waals surface area contributed by atoms with Gasteiger partial charge in [-0.15, -0.1) is 11.3 Å². The molecule has 7 heteroatoms. The summed E-state index contributed by atoms with van der Waals surface area (Å²) < 4.78 is 7.81. The van der Waals surface area contributed by atoms with Crippen molar-refractivity contribution in [3.05, 3.63) is 46.6 Å². The Morgan fingerprint density at radius 1 is 1.26 bits per heavy atom. The minimum atomic E-state index is -0.762. The first kappa shape index (κ1) is 24.5. The standard InChI is InChI=1S/C27H35N3O3S/c1-26(2,3)29(6)25(31)24-28-22(21-9-8-14-34-21)23-19-15-18(10-12-27(4,5)32)20(33-7)16-17(19)11-13-30(23)24/h8-9,14-16,32H,10-13H2,1-7H3. The average Bonchev–Trinajstić information content (AvgIpc) is 3.42. The smallest absolute Gasteiger partial charge is 0.290 e. The van der Waals surface area contributed by atoms with Crippen molar-refractivity contribution in [1.29, 1.82) is 0 Å². The van der Waals surface area contributed by atoms with Crippen LogP contribution in [0.15, 0.2) is 29.6 Å². The fourth-order valence-corrected chi connectivity index (χ4v) is 5.01. The summed E-state index contributed by atoms with van der Waals surface area (Å²) in [4.78, 5) is 21.3. The molecule has 0 spiro atoms. The Labute approximate surface area is 206 Å². The molecule has 0 unspecified atom stereocenters. The molecule has 6 nitrogen and oxygen atoms in total. The highest BCUT2D eigenvalue weighted by Gasteiger charge is 2.33. The third-order valence-electron chi connectivity index (χ3n) is 6.60. The van der Waals surface area contributed by atoms with Gasteiger partial charge in [0.15, 0.2) is 5.82 Å². The SMILES string of the molecule is COc1cc2c(cc1CCC(C)(C)O)-c1c(-c3cccs3)nc(C(=O)N(C)C(C)(C)C)n1CC2. The van der Waals surface area contributed by atoms with E-state index >= 15 is 0 Å². The molecule has 0 aliphatic carbocycles. The number of hydrogen-bond donors (Lipinski definition) is 1. The number of fused-ring (bicyclic) bond motifs is 3. The molecule has 2 aromatic heterocycles. The molecule has 182 valence electrons. The number of methoxy groups -OCH3 is 1. The molecule has 0 fully saturated rings. The van der Waals surface area contributed by atoms with Gasteiger partial charge in [-0.3, -0.25) is 4.79 Å². The number of thiophene rings is 1. The number of hydrogen-bond acceptors (Lipinski definition) is 5. The zero-order chi connectivity index (χ0) is 24.8. The van der Waals surface area contributed by atoms with Crippen LogP contribution in [-0.2, 0) is 19.4 Å². The second-order valence-electron chi connectivity index (χ2n) is 10.7. The second kappa shape index (κ2) is 8.86. The number of benzene rings is 1. The van der Waals surface area contributed by atoms with Crippen molar-refractivity contribution in [2.75, 3.05) is 14.2 Å². The summed E-state index contributed by atoms with van der Waals surface area (Å²) in [7, 11) is 3.53. The van der Waals surface area contributed by atoms with Gasteiger partial charge >= 0.3 is 0 Å². The van der Waals surface area contributed by atoms with Gasteiger partial charge in [-0.2, -0.15) is 0 Å². The van der Waals surface area contributed by atoms with E-state index in [0.29, 0.717) is 25.2 Å². The van der Waals surface area contributed by atoms with E-state index in [4.69, 9.17) is 9.72 Å². The van der Waals surface area contributed by atoms with E-state index in [1.807, 2.05) is 53.1 Å². The number of nitrogens with zero attached hydrogens (tertiary/aromatic N) is 3. The predicted octanol–water partition coefficient (Wildman–Crippen LogP) is 5.42. The van der Waals surface area contributed by atoms with Gasteiger partial charge in [-0.25, -0.2) is 4.98 Å². The highest BCUT2D eigenvalue weighted by Crippen LogP contribution is 2.42. The normalized spacial score (nSPS) is 13.4. The Bertz CT molecular complexity index is 1200. The maximum absolute atomic E-state index is 13.5. The Kier molecular flexibility index (Phi) is 6.38. The molecule has 0 bridgehead atoms. The lowest BCUT2D eigenvalue weighted by molar-refractivity contribution is 0.0637. The fraction of sp³-hybridized carbons (Fsp3) is 0.481. The van der Waals surface area contributed by atoms with Gasteiger partial charge in [0, 0.05) is 24.7 Å². The lowest BCUT2D eigenvalue weighted by Gasteiger charge is -2.32. The summed E-state index contributed by atoms with van der Waals surface area (Å²) in [6.07, 6.45) is 2.12. The topological polar surface area (TPSA) is 67.6 Å². The molecule has 0 saturated carbocycles. The number of aliphatic hydroxyl groups is 1. The quantitative estimate of drug-likeness (QED) is 0.511. The number of ether oxygens (including phenoxy) is 1. The van der Waals surface area contributed by atoms with Crippen molar-refractivity contribution < 1.29 is 14.6 Å². The summed E-state index contributed by atoms with van der Waals surface area (Å²) in [6.45, 7) is 10.4. The minimum absolute atomic E-state index is 0.0734. The maximum atomic E-state index is 13.5. The monoisotopic (exact) mass is 481 g/mol. The van der Waals surface area contributed by atoms with E-state index in [1.54, 1.807) is 23.3 Å². The molecule has 1 amide bonds. The van der Waals surface area contributed by atoms with Crippen LogP contribution in [0.5, 0.6) is 5.75 Å². The third kappa shape index (κ3) is 4.64. The molecular formula is C27H35N3O3S. The number of carbonyl (C=O) groups is 1. The van der Waals surface area contributed by atoms with Crippen molar-refractivity contribution in [1.82, 2.24) is 14.5 Å². The molecule has 1 aliphatic rings. The number of aryl methyl sites for hydroxylation is 2. The van der Waals surface area contributed by atoms with Crippen LogP contribution in [0, 0.1) is 0 Å². The molecule has 1 N–H and O–H groups in total. The predicted molar refractivity (Wildman–Crippen MR) is 138 cm³/mol. The Balaban J connectivity index is 1.89. The molecule has 4 rings (SSSR count).